The lowest BCUT2D eigenvalue weighted by molar-refractivity contribution is 0.357. The van der Waals surface area contributed by atoms with E-state index in [1.165, 1.54) is 5.69 Å². The van der Waals surface area contributed by atoms with Crippen molar-refractivity contribution in [2.75, 3.05) is 18.0 Å². The van der Waals surface area contributed by atoms with Crippen LogP contribution < -0.4 is 4.90 Å². The van der Waals surface area contributed by atoms with E-state index in [-0.39, 0.29) is 0 Å². The summed E-state index contributed by atoms with van der Waals surface area (Å²) >= 11 is 0. The fraction of sp³-hybridized carbons (Fsp3) is 0.625. The lowest BCUT2D eigenvalue weighted by atomic mass is 9.91. The summed E-state index contributed by atoms with van der Waals surface area (Å²) in [5.41, 5.74) is 1.97. The number of benzene rings is 1. The standard InChI is InChI=1S/C16H27N/c1-15(2,3)12-17(13-16(4,5)6)14-10-8-7-9-11-14/h7-11H,12-13H2,1-6H3. The summed E-state index contributed by atoms with van der Waals surface area (Å²) in [4.78, 5) is 2.50. The predicted octanol–water partition coefficient (Wildman–Crippen LogP) is 4.59. The van der Waals surface area contributed by atoms with Crippen LogP contribution in [0.5, 0.6) is 0 Å². The van der Waals surface area contributed by atoms with Crippen LogP contribution in [0.15, 0.2) is 30.3 Å². The van der Waals surface area contributed by atoms with Gasteiger partial charge < -0.3 is 4.90 Å². The minimum absolute atomic E-state index is 0.321. The second-order valence-corrected chi connectivity index (χ2v) is 7.31. The molecule has 17 heavy (non-hydrogen) atoms. The average molecular weight is 233 g/mol. The van der Waals surface area contributed by atoms with E-state index in [4.69, 9.17) is 0 Å². The van der Waals surface area contributed by atoms with E-state index in [2.05, 4.69) is 76.8 Å². The first-order chi connectivity index (χ1) is 7.67. The molecule has 0 aliphatic rings. The Kier molecular flexibility index (Phi) is 4.24. The molecule has 0 N–H and O–H groups in total. The van der Waals surface area contributed by atoms with Gasteiger partial charge in [0.2, 0.25) is 0 Å². The summed E-state index contributed by atoms with van der Waals surface area (Å²) in [6, 6.07) is 10.7. The topological polar surface area (TPSA) is 3.24 Å². The van der Waals surface area contributed by atoms with Gasteiger partial charge in [0, 0.05) is 18.8 Å². The van der Waals surface area contributed by atoms with Crippen molar-refractivity contribution in [1.82, 2.24) is 0 Å². The summed E-state index contributed by atoms with van der Waals surface area (Å²) in [6.07, 6.45) is 0. The zero-order chi connectivity index (χ0) is 13.1. The van der Waals surface area contributed by atoms with Gasteiger partial charge in [0.15, 0.2) is 0 Å². The van der Waals surface area contributed by atoms with Crippen LogP contribution in [0.25, 0.3) is 0 Å². The predicted molar refractivity (Wildman–Crippen MR) is 77.6 cm³/mol. The molecule has 0 amide bonds. The third-order valence-electron chi connectivity index (χ3n) is 2.45. The minimum Gasteiger partial charge on any atom is -0.370 e. The number of hydrogen-bond acceptors (Lipinski definition) is 1. The van der Waals surface area contributed by atoms with E-state index in [1.807, 2.05) is 0 Å². The molecule has 1 aromatic rings. The molecule has 1 rings (SSSR count). The number of rotatable bonds is 3. The van der Waals surface area contributed by atoms with E-state index in [9.17, 15) is 0 Å². The van der Waals surface area contributed by atoms with Crippen molar-refractivity contribution < 1.29 is 0 Å². The highest BCUT2D eigenvalue weighted by atomic mass is 15.1. The van der Waals surface area contributed by atoms with Gasteiger partial charge in [-0.2, -0.15) is 0 Å². The van der Waals surface area contributed by atoms with E-state index < -0.39 is 0 Å². The van der Waals surface area contributed by atoms with Gasteiger partial charge in [0.25, 0.3) is 0 Å². The highest BCUT2D eigenvalue weighted by Gasteiger charge is 2.21. The summed E-state index contributed by atoms with van der Waals surface area (Å²) in [6.45, 7) is 16.0. The first kappa shape index (κ1) is 14.1. The molecule has 1 nitrogen and oxygen atoms in total. The Labute approximate surface area is 107 Å². The SMILES string of the molecule is CC(C)(C)CN(CC(C)(C)C)c1ccccc1. The van der Waals surface area contributed by atoms with Crippen LogP contribution >= 0.6 is 0 Å². The van der Waals surface area contributed by atoms with Crippen molar-refractivity contribution in [3.8, 4) is 0 Å². The van der Waals surface area contributed by atoms with Crippen LogP contribution in [0, 0.1) is 10.8 Å². The maximum Gasteiger partial charge on any atom is 0.0366 e. The molecular formula is C16H27N. The number of anilines is 1. The van der Waals surface area contributed by atoms with Gasteiger partial charge >= 0.3 is 0 Å². The van der Waals surface area contributed by atoms with E-state index in [1.54, 1.807) is 0 Å². The van der Waals surface area contributed by atoms with Gasteiger partial charge in [-0.25, -0.2) is 0 Å². The normalized spacial score (nSPS) is 12.6. The first-order valence-electron chi connectivity index (χ1n) is 6.47. The molecule has 0 atom stereocenters. The average Bonchev–Trinajstić information content (AvgIpc) is 2.14. The molecule has 0 fully saturated rings. The first-order valence-corrected chi connectivity index (χ1v) is 6.47. The fourth-order valence-corrected chi connectivity index (χ4v) is 2.02. The molecule has 0 saturated heterocycles. The Bertz CT molecular complexity index is 311. The summed E-state index contributed by atoms with van der Waals surface area (Å²) in [5.74, 6) is 0. The van der Waals surface area contributed by atoms with Gasteiger partial charge in [-0.15, -0.1) is 0 Å². The van der Waals surface area contributed by atoms with Gasteiger partial charge in [-0.3, -0.25) is 0 Å². The van der Waals surface area contributed by atoms with E-state index >= 15 is 0 Å². The molecule has 0 radical (unpaired) electrons. The number of nitrogens with zero attached hydrogens (tertiary/aromatic N) is 1. The lowest BCUT2D eigenvalue weighted by Gasteiger charge is -2.36. The van der Waals surface area contributed by atoms with E-state index in [0.717, 1.165) is 13.1 Å². The van der Waals surface area contributed by atoms with E-state index in [0.29, 0.717) is 10.8 Å². The third-order valence-corrected chi connectivity index (χ3v) is 2.45. The third kappa shape index (κ3) is 5.76. The van der Waals surface area contributed by atoms with Gasteiger partial charge in [-0.05, 0) is 23.0 Å². The Morgan fingerprint density at radius 2 is 1.18 bits per heavy atom. The van der Waals surface area contributed by atoms with Gasteiger partial charge in [0.05, 0.1) is 0 Å². The van der Waals surface area contributed by atoms with Crippen LogP contribution in [-0.4, -0.2) is 13.1 Å². The second-order valence-electron chi connectivity index (χ2n) is 7.31. The van der Waals surface area contributed by atoms with Crippen molar-refractivity contribution in [1.29, 1.82) is 0 Å². The Morgan fingerprint density at radius 3 is 1.53 bits per heavy atom. The summed E-state index contributed by atoms with van der Waals surface area (Å²) in [7, 11) is 0. The van der Waals surface area contributed by atoms with Crippen LogP contribution in [0.2, 0.25) is 0 Å². The van der Waals surface area contributed by atoms with Crippen molar-refractivity contribution >= 4 is 5.69 Å². The largest absolute Gasteiger partial charge is 0.370 e. The molecule has 0 aliphatic carbocycles. The van der Waals surface area contributed by atoms with Crippen LogP contribution in [0.1, 0.15) is 41.5 Å². The number of para-hydroxylation sites is 1. The van der Waals surface area contributed by atoms with Crippen molar-refractivity contribution in [2.45, 2.75) is 41.5 Å². The smallest absolute Gasteiger partial charge is 0.0366 e. The molecule has 0 bridgehead atoms. The van der Waals surface area contributed by atoms with Crippen LogP contribution in [0.4, 0.5) is 5.69 Å². The molecule has 0 heterocycles. The fourth-order valence-electron chi connectivity index (χ4n) is 2.02. The molecule has 96 valence electrons. The van der Waals surface area contributed by atoms with Crippen LogP contribution in [-0.2, 0) is 0 Å². The molecule has 1 heteroatoms. The number of hydrogen-bond donors (Lipinski definition) is 0. The highest BCUT2D eigenvalue weighted by molar-refractivity contribution is 5.46. The molecule has 1 aromatic carbocycles. The van der Waals surface area contributed by atoms with Crippen molar-refractivity contribution in [3.63, 3.8) is 0 Å². The van der Waals surface area contributed by atoms with Gasteiger partial charge in [-0.1, -0.05) is 59.7 Å². The minimum atomic E-state index is 0.321. The maximum atomic E-state index is 2.50. The Balaban J connectivity index is 2.87. The Morgan fingerprint density at radius 1 is 0.765 bits per heavy atom. The monoisotopic (exact) mass is 233 g/mol. The van der Waals surface area contributed by atoms with Crippen molar-refractivity contribution in [2.24, 2.45) is 10.8 Å². The van der Waals surface area contributed by atoms with Crippen molar-refractivity contribution in [3.05, 3.63) is 30.3 Å². The molecule has 0 aromatic heterocycles. The second kappa shape index (κ2) is 5.12. The Hall–Kier alpha value is -0.980. The highest BCUT2D eigenvalue weighted by Crippen LogP contribution is 2.25. The molecule has 0 saturated carbocycles. The summed E-state index contributed by atoms with van der Waals surface area (Å²) < 4.78 is 0. The zero-order valence-electron chi connectivity index (χ0n) is 12.2. The van der Waals surface area contributed by atoms with Gasteiger partial charge in [0.1, 0.15) is 0 Å². The summed E-state index contributed by atoms with van der Waals surface area (Å²) in [5, 5.41) is 0. The molecule has 0 spiro atoms. The maximum absolute atomic E-state index is 2.50. The zero-order valence-corrected chi connectivity index (χ0v) is 12.2. The molecular weight excluding hydrogens is 206 g/mol. The molecule has 0 unspecified atom stereocenters. The van der Waals surface area contributed by atoms with Crippen LogP contribution in [0.3, 0.4) is 0 Å². The molecule has 0 aliphatic heterocycles. The lowest BCUT2D eigenvalue weighted by Crippen LogP contribution is -2.38. The quantitative estimate of drug-likeness (QED) is 0.738.